The fourth-order valence-electron chi connectivity index (χ4n) is 0.354. The molecule has 0 aliphatic carbocycles. The molecule has 5 heavy (non-hydrogen) atoms. The Morgan fingerprint density at radius 1 is 1.80 bits per heavy atom. The third-order valence-corrected chi connectivity index (χ3v) is 2.19. The van der Waals surface area contributed by atoms with Crippen LogP contribution in [0.3, 0.4) is 0 Å². The van der Waals surface area contributed by atoms with E-state index in [0.717, 1.165) is 16.5 Å². The monoisotopic (exact) mass is 135 g/mol. The van der Waals surface area contributed by atoms with Crippen molar-refractivity contribution < 1.29 is 1.43 Å². The van der Waals surface area contributed by atoms with E-state index in [1.165, 1.54) is 18.1 Å². The molecule has 0 nitrogen and oxygen atoms in total. The van der Waals surface area contributed by atoms with Crippen LogP contribution in [-0.2, 0) is 0 Å². The number of hydrogen-bond donors (Lipinski definition) is 0. The molecule has 0 aromatic heterocycles. The van der Waals surface area contributed by atoms with Gasteiger partial charge in [0.05, 0.1) is 0 Å². The van der Waals surface area contributed by atoms with Crippen molar-refractivity contribution in [3.63, 3.8) is 0 Å². The Bertz CT molecular complexity index is 15.0. The molecule has 0 bridgehead atoms. The van der Waals surface area contributed by atoms with Crippen molar-refractivity contribution in [2.75, 3.05) is 0 Å². The van der Waals surface area contributed by atoms with Crippen LogP contribution in [0.5, 0.6) is 0 Å². The Balaban J connectivity index is 0. The Morgan fingerprint density at radius 2 is 2.40 bits per heavy atom. The predicted molar refractivity (Wildman–Crippen MR) is 30.8 cm³/mol. The first-order chi connectivity index (χ1) is 2.41. The smallest absolute Gasteiger partial charge is 1.00 e. The van der Waals surface area contributed by atoms with E-state index in [1.807, 2.05) is 0 Å². The van der Waals surface area contributed by atoms with Crippen molar-refractivity contribution in [1.82, 2.24) is 0 Å². The van der Waals surface area contributed by atoms with Crippen molar-refractivity contribution in [2.45, 2.75) is 25.0 Å². The molecule has 0 spiro atoms. The second-order valence-electron chi connectivity index (χ2n) is 1.35. The number of unbranched alkanes of at least 4 members (excludes halogenated alkanes) is 1. The van der Waals surface area contributed by atoms with Crippen molar-refractivity contribution in [3.05, 3.63) is 0 Å². The third-order valence-electron chi connectivity index (χ3n) is 0.707. The van der Waals surface area contributed by atoms with Gasteiger partial charge in [0.2, 0.25) is 0 Å². The molecule has 0 fully saturated rings. The molecule has 0 saturated carbocycles. The standard InChI is InChI=1S/C4H12Ge.H/c1-2-3-4-5;/h2-4H2,1,5H3;/q;-1. The molecule has 0 aromatic rings. The summed E-state index contributed by atoms with van der Waals surface area (Å²) < 4.78 is 0. The molecule has 0 amide bonds. The molecular formula is C4H13Ge-. The van der Waals surface area contributed by atoms with Crippen molar-refractivity contribution in [1.29, 1.82) is 0 Å². The summed E-state index contributed by atoms with van der Waals surface area (Å²) in [5.41, 5.74) is 0. The first kappa shape index (κ1) is 5.54. The summed E-state index contributed by atoms with van der Waals surface area (Å²) >= 11 is 1.11. The minimum atomic E-state index is 0. The van der Waals surface area contributed by atoms with Crippen LogP contribution in [0.1, 0.15) is 21.2 Å². The maximum atomic E-state index is 2.24. The molecule has 0 aromatic carbocycles. The maximum absolute atomic E-state index is 2.24. The minimum Gasteiger partial charge on any atom is -1.00 e. The topological polar surface area (TPSA) is 0 Å². The Hall–Kier alpha value is 0.543. The van der Waals surface area contributed by atoms with Crippen LogP contribution >= 0.6 is 0 Å². The maximum Gasteiger partial charge on any atom is -1.00 e. The zero-order chi connectivity index (χ0) is 4.12. The first-order valence-electron chi connectivity index (χ1n) is 2.41. The summed E-state index contributed by atoms with van der Waals surface area (Å²) in [4.78, 5) is 0. The third kappa shape index (κ3) is 4.54. The van der Waals surface area contributed by atoms with Gasteiger partial charge in [-0.2, -0.15) is 0 Å². The molecular weight excluding hydrogens is 121 g/mol. The van der Waals surface area contributed by atoms with Gasteiger partial charge in [-0.15, -0.1) is 0 Å². The Labute approximate surface area is 43.7 Å². The molecule has 0 heterocycles. The van der Waals surface area contributed by atoms with Crippen LogP contribution in [0.15, 0.2) is 0 Å². The van der Waals surface area contributed by atoms with Crippen LogP contribution in [0.25, 0.3) is 0 Å². The Morgan fingerprint density at radius 3 is 2.40 bits per heavy atom. The van der Waals surface area contributed by atoms with E-state index >= 15 is 0 Å². The second kappa shape index (κ2) is 4.54. The van der Waals surface area contributed by atoms with Gasteiger partial charge in [0.25, 0.3) is 0 Å². The zero-order valence-corrected chi connectivity index (χ0v) is 8.32. The van der Waals surface area contributed by atoms with Gasteiger partial charge in [-0.25, -0.2) is 0 Å². The van der Waals surface area contributed by atoms with Crippen LogP contribution < -0.4 is 0 Å². The molecule has 0 aliphatic heterocycles. The van der Waals surface area contributed by atoms with Crippen LogP contribution in [-0.4, -0.2) is 16.5 Å². The number of rotatable bonds is 2. The van der Waals surface area contributed by atoms with Gasteiger partial charge in [-0.3, -0.25) is 0 Å². The van der Waals surface area contributed by atoms with E-state index in [2.05, 4.69) is 6.92 Å². The van der Waals surface area contributed by atoms with Crippen molar-refractivity contribution >= 4 is 16.5 Å². The molecule has 0 N–H and O–H groups in total. The van der Waals surface area contributed by atoms with Crippen LogP contribution in [0, 0.1) is 0 Å². The molecule has 0 aliphatic rings. The fourth-order valence-corrected chi connectivity index (χ4v) is 1.84. The quantitative estimate of drug-likeness (QED) is 0.487. The fraction of sp³-hybridized carbons (Fsp3) is 1.00. The van der Waals surface area contributed by atoms with Gasteiger partial charge in [0.15, 0.2) is 0 Å². The summed E-state index contributed by atoms with van der Waals surface area (Å²) in [5, 5.41) is 1.53. The summed E-state index contributed by atoms with van der Waals surface area (Å²) in [6, 6.07) is 0. The molecule has 1 heteroatoms. The van der Waals surface area contributed by atoms with Gasteiger partial charge < -0.3 is 1.43 Å². The van der Waals surface area contributed by atoms with Gasteiger partial charge in [0, 0.05) is 0 Å². The predicted octanol–water partition coefficient (Wildman–Crippen LogP) is 0.683. The van der Waals surface area contributed by atoms with Gasteiger partial charge in [-0.1, -0.05) is 0 Å². The number of hydrogen-bond acceptors (Lipinski definition) is 0. The van der Waals surface area contributed by atoms with Gasteiger partial charge >= 0.3 is 41.5 Å². The van der Waals surface area contributed by atoms with Crippen LogP contribution in [0.4, 0.5) is 0 Å². The van der Waals surface area contributed by atoms with E-state index in [4.69, 9.17) is 0 Å². The normalized spacial score (nSPS) is 9.00. The van der Waals surface area contributed by atoms with Gasteiger partial charge in [0.1, 0.15) is 0 Å². The molecule has 34 valence electrons. The summed E-state index contributed by atoms with van der Waals surface area (Å²) in [7, 11) is 0. The van der Waals surface area contributed by atoms with Crippen LogP contribution in [0.2, 0.25) is 5.25 Å². The summed E-state index contributed by atoms with van der Waals surface area (Å²) in [6.07, 6.45) is 2.86. The van der Waals surface area contributed by atoms with E-state index < -0.39 is 0 Å². The second-order valence-corrected chi connectivity index (χ2v) is 3.45. The van der Waals surface area contributed by atoms with Crippen molar-refractivity contribution in [3.8, 4) is 0 Å². The van der Waals surface area contributed by atoms with Gasteiger partial charge in [-0.05, 0) is 0 Å². The minimum absolute atomic E-state index is 0. The largest absolute Gasteiger partial charge is 1.00 e. The molecule has 0 saturated heterocycles. The molecule has 0 atom stereocenters. The SMILES string of the molecule is CCC[CH2][GeH3].[H-]. The van der Waals surface area contributed by atoms with Crippen molar-refractivity contribution in [2.24, 2.45) is 0 Å². The van der Waals surface area contributed by atoms with E-state index in [9.17, 15) is 0 Å². The van der Waals surface area contributed by atoms with E-state index in [-0.39, 0.29) is 1.43 Å². The summed E-state index contributed by atoms with van der Waals surface area (Å²) in [5.74, 6) is 0. The average Bonchev–Trinajstić information content (AvgIpc) is 1.41. The summed E-state index contributed by atoms with van der Waals surface area (Å²) in [6.45, 7) is 2.24. The molecule has 0 radical (unpaired) electrons. The molecule has 0 unspecified atom stereocenters. The first-order valence-corrected chi connectivity index (χ1v) is 5.38. The van der Waals surface area contributed by atoms with E-state index in [0.29, 0.717) is 0 Å². The Kier molecular flexibility index (Phi) is 5.04. The zero-order valence-electron chi connectivity index (χ0n) is 5.12. The van der Waals surface area contributed by atoms with E-state index in [1.54, 1.807) is 0 Å². The average molecular weight is 134 g/mol. The molecule has 0 rings (SSSR count).